The predicted octanol–water partition coefficient (Wildman–Crippen LogP) is 5.03. The van der Waals surface area contributed by atoms with Crippen molar-refractivity contribution in [1.82, 2.24) is 0 Å². The number of allylic oxidation sites excluding steroid dienone is 2. The molecule has 0 aliphatic rings. The molecular formula is C24H20O2. The summed E-state index contributed by atoms with van der Waals surface area (Å²) < 4.78 is 0. The number of Topliss-reactive ketones (excluding diaryl/α,β-unsaturated/α-hetero) is 1. The normalized spacial score (nSPS) is 12.9. The molecule has 1 N–H and O–H groups in total. The van der Waals surface area contributed by atoms with Crippen molar-refractivity contribution >= 4 is 17.4 Å². The number of carbonyl (C=O) groups excluding carboxylic acids is 1. The lowest BCUT2D eigenvalue weighted by molar-refractivity contribution is 0.0833. The van der Waals surface area contributed by atoms with Crippen LogP contribution in [0, 0.1) is 0 Å². The number of aliphatic hydroxyl groups excluding tert-OH is 1. The highest BCUT2D eigenvalue weighted by molar-refractivity contribution is 6.06. The molecule has 2 heteroatoms. The van der Waals surface area contributed by atoms with E-state index in [9.17, 15) is 9.90 Å². The van der Waals surface area contributed by atoms with Gasteiger partial charge in [0.2, 0.25) is 0 Å². The molecule has 3 aromatic carbocycles. The van der Waals surface area contributed by atoms with E-state index < -0.39 is 6.10 Å². The number of benzene rings is 3. The van der Waals surface area contributed by atoms with Crippen LogP contribution in [0.3, 0.4) is 0 Å². The van der Waals surface area contributed by atoms with Crippen LogP contribution in [0.2, 0.25) is 0 Å². The summed E-state index contributed by atoms with van der Waals surface area (Å²) in [6.45, 7) is 0. The molecule has 0 aromatic heterocycles. The van der Waals surface area contributed by atoms with Crippen LogP contribution in [-0.2, 0) is 0 Å². The van der Waals surface area contributed by atoms with Crippen molar-refractivity contribution in [2.24, 2.45) is 0 Å². The van der Waals surface area contributed by atoms with Crippen LogP contribution in [0.25, 0.3) is 11.6 Å². The number of hydrogen-bond acceptors (Lipinski definition) is 2. The zero-order valence-corrected chi connectivity index (χ0v) is 14.3. The Balaban J connectivity index is 1.92. The van der Waals surface area contributed by atoms with Gasteiger partial charge in [0.1, 0.15) is 6.10 Å². The topological polar surface area (TPSA) is 37.3 Å². The van der Waals surface area contributed by atoms with E-state index in [2.05, 4.69) is 0 Å². The SMILES string of the molecule is O=C(c1ccccc1)C(O)/C(=C/C=C/c1ccccc1)c1ccccc1. The van der Waals surface area contributed by atoms with Crippen LogP contribution in [0.4, 0.5) is 0 Å². The van der Waals surface area contributed by atoms with Crippen LogP contribution in [0.15, 0.2) is 103 Å². The van der Waals surface area contributed by atoms with E-state index in [0.717, 1.165) is 11.1 Å². The van der Waals surface area contributed by atoms with Gasteiger partial charge in [-0.05, 0) is 16.7 Å². The molecule has 0 bridgehead atoms. The van der Waals surface area contributed by atoms with E-state index in [4.69, 9.17) is 0 Å². The van der Waals surface area contributed by atoms with E-state index in [1.54, 1.807) is 30.3 Å². The number of rotatable bonds is 6. The van der Waals surface area contributed by atoms with Crippen molar-refractivity contribution in [2.45, 2.75) is 6.10 Å². The molecule has 0 amide bonds. The fourth-order valence-electron chi connectivity index (χ4n) is 2.70. The van der Waals surface area contributed by atoms with E-state index in [0.29, 0.717) is 11.1 Å². The average Bonchev–Trinajstić information content (AvgIpc) is 2.72. The highest BCUT2D eigenvalue weighted by Crippen LogP contribution is 2.22. The molecule has 1 atom stereocenters. The summed E-state index contributed by atoms with van der Waals surface area (Å²) in [6.07, 6.45) is 4.38. The zero-order valence-electron chi connectivity index (χ0n) is 14.3. The summed E-state index contributed by atoms with van der Waals surface area (Å²) in [5.74, 6) is -0.311. The second-order valence-electron chi connectivity index (χ2n) is 5.89. The van der Waals surface area contributed by atoms with Crippen molar-refractivity contribution in [3.05, 3.63) is 120 Å². The third-order valence-electron chi connectivity index (χ3n) is 4.07. The fourth-order valence-corrected chi connectivity index (χ4v) is 2.70. The number of aliphatic hydroxyl groups is 1. The smallest absolute Gasteiger partial charge is 0.195 e. The Morgan fingerprint density at radius 1 is 0.731 bits per heavy atom. The molecule has 0 saturated heterocycles. The second-order valence-corrected chi connectivity index (χ2v) is 5.89. The van der Waals surface area contributed by atoms with Gasteiger partial charge >= 0.3 is 0 Å². The first-order valence-electron chi connectivity index (χ1n) is 8.52. The van der Waals surface area contributed by atoms with E-state index in [1.807, 2.05) is 78.9 Å². The van der Waals surface area contributed by atoms with Crippen LogP contribution < -0.4 is 0 Å². The van der Waals surface area contributed by atoms with Gasteiger partial charge in [-0.3, -0.25) is 4.79 Å². The summed E-state index contributed by atoms with van der Waals surface area (Å²) in [5, 5.41) is 10.7. The molecule has 1 unspecified atom stereocenters. The molecule has 0 saturated carbocycles. The van der Waals surface area contributed by atoms with Gasteiger partial charge in [0, 0.05) is 5.56 Å². The van der Waals surface area contributed by atoms with Crippen molar-refractivity contribution in [2.75, 3.05) is 0 Å². The Morgan fingerprint density at radius 2 is 1.23 bits per heavy atom. The van der Waals surface area contributed by atoms with Crippen molar-refractivity contribution < 1.29 is 9.90 Å². The first kappa shape index (κ1) is 17.6. The van der Waals surface area contributed by atoms with E-state index >= 15 is 0 Å². The fraction of sp³-hybridized carbons (Fsp3) is 0.0417. The molecule has 2 nitrogen and oxygen atoms in total. The molecule has 0 heterocycles. The monoisotopic (exact) mass is 340 g/mol. The minimum absolute atomic E-state index is 0.311. The van der Waals surface area contributed by atoms with Gasteiger partial charge in [0.25, 0.3) is 0 Å². The molecule has 26 heavy (non-hydrogen) atoms. The molecular weight excluding hydrogens is 320 g/mol. The van der Waals surface area contributed by atoms with Crippen LogP contribution >= 0.6 is 0 Å². The summed E-state index contributed by atoms with van der Waals surface area (Å²) in [5.41, 5.74) is 2.95. The maximum absolute atomic E-state index is 12.7. The maximum atomic E-state index is 12.7. The lowest BCUT2D eigenvalue weighted by Crippen LogP contribution is -2.22. The van der Waals surface area contributed by atoms with Crippen molar-refractivity contribution in [3.8, 4) is 0 Å². The highest BCUT2D eigenvalue weighted by atomic mass is 16.3. The highest BCUT2D eigenvalue weighted by Gasteiger charge is 2.22. The minimum atomic E-state index is -1.22. The number of ketones is 1. The maximum Gasteiger partial charge on any atom is 0.195 e. The Labute approximate surface area is 153 Å². The Kier molecular flexibility index (Phi) is 5.92. The quantitative estimate of drug-likeness (QED) is 0.505. The first-order chi connectivity index (χ1) is 12.8. The minimum Gasteiger partial charge on any atom is -0.380 e. The van der Waals surface area contributed by atoms with Crippen LogP contribution in [0.1, 0.15) is 21.5 Å². The van der Waals surface area contributed by atoms with Gasteiger partial charge in [-0.15, -0.1) is 0 Å². The van der Waals surface area contributed by atoms with Gasteiger partial charge in [0.05, 0.1) is 0 Å². The van der Waals surface area contributed by atoms with Gasteiger partial charge in [-0.25, -0.2) is 0 Å². The van der Waals surface area contributed by atoms with E-state index in [-0.39, 0.29) is 5.78 Å². The Morgan fingerprint density at radius 3 is 1.81 bits per heavy atom. The van der Waals surface area contributed by atoms with Gasteiger partial charge in [0.15, 0.2) is 5.78 Å². The lowest BCUT2D eigenvalue weighted by atomic mass is 9.94. The van der Waals surface area contributed by atoms with Crippen molar-refractivity contribution in [3.63, 3.8) is 0 Å². The van der Waals surface area contributed by atoms with Crippen LogP contribution in [0.5, 0.6) is 0 Å². The third-order valence-corrected chi connectivity index (χ3v) is 4.07. The summed E-state index contributed by atoms with van der Waals surface area (Å²) >= 11 is 0. The average molecular weight is 340 g/mol. The second kappa shape index (κ2) is 8.75. The van der Waals surface area contributed by atoms with Gasteiger partial charge in [-0.2, -0.15) is 0 Å². The molecule has 3 aromatic rings. The first-order valence-corrected chi connectivity index (χ1v) is 8.52. The molecule has 0 radical (unpaired) electrons. The largest absolute Gasteiger partial charge is 0.380 e. The molecule has 0 spiro atoms. The Hall–Kier alpha value is -3.23. The molecule has 0 aliphatic heterocycles. The Bertz CT molecular complexity index is 895. The molecule has 3 rings (SSSR count). The van der Waals surface area contributed by atoms with E-state index in [1.165, 1.54) is 0 Å². The third kappa shape index (κ3) is 4.44. The summed E-state index contributed by atoms with van der Waals surface area (Å²) in [4.78, 5) is 12.7. The standard InChI is InChI=1S/C24H20O2/c25-23(21-16-8-3-9-17-21)24(26)22(20-14-6-2-7-15-20)18-10-13-19-11-4-1-5-12-19/h1-18,24,26H/b13-10+,22-18+. The number of carbonyl (C=O) groups is 1. The number of hydrogen-bond donors (Lipinski definition) is 1. The molecule has 0 fully saturated rings. The molecule has 128 valence electrons. The van der Waals surface area contributed by atoms with Gasteiger partial charge < -0.3 is 5.11 Å². The van der Waals surface area contributed by atoms with Gasteiger partial charge in [-0.1, -0.05) is 109 Å². The van der Waals surface area contributed by atoms with Crippen LogP contribution in [-0.4, -0.2) is 17.0 Å². The zero-order chi connectivity index (χ0) is 18.2. The van der Waals surface area contributed by atoms with Crippen molar-refractivity contribution in [1.29, 1.82) is 0 Å². The predicted molar refractivity (Wildman–Crippen MR) is 107 cm³/mol. The summed E-state index contributed by atoms with van der Waals surface area (Å²) in [6, 6.07) is 28.2. The molecule has 0 aliphatic carbocycles. The summed E-state index contributed by atoms with van der Waals surface area (Å²) in [7, 11) is 0. The lowest BCUT2D eigenvalue weighted by Gasteiger charge is -2.14.